The number of amides is 1. The van der Waals surface area contributed by atoms with Gasteiger partial charge in [-0.2, -0.15) is 18.3 Å². The molecule has 0 saturated carbocycles. The number of para-hydroxylation sites is 1. The first-order chi connectivity index (χ1) is 14.8. The molecule has 0 atom stereocenters. The molecule has 1 aromatic heterocycles. The van der Waals surface area contributed by atoms with E-state index in [-0.39, 0.29) is 18.3 Å². The van der Waals surface area contributed by atoms with Crippen LogP contribution in [0.1, 0.15) is 40.6 Å². The number of nitrogens with zero attached hydrogens (tertiary/aromatic N) is 3. The molecule has 3 rings (SSSR count). The number of alkyl halides is 3. The van der Waals surface area contributed by atoms with E-state index in [9.17, 15) is 18.0 Å². The van der Waals surface area contributed by atoms with E-state index in [4.69, 9.17) is 4.74 Å². The van der Waals surface area contributed by atoms with Gasteiger partial charge in [-0.3, -0.25) is 9.48 Å². The van der Waals surface area contributed by atoms with Gasteiger partial charge in [0.25, 0.3) is 5.91 Å². The highest BCUT2D eigenvalue weighted by Crippen LogP contribution is 2.31. The van der Waals surface area contributed by atoms with Gasteiger partial charge < -0.3 is 20.3 Å². The lowest BCUT2D eigenvalue weighted by molar-refractivity contribution is -0.141. The quantitative estimate of drug-likeness (QED) is 0.662. The van der Waals surface area contributed by atoms with E-state index in [1.54, 1.807) is 24.3 Å². The van der Waals surface area contributed by atoms with E-state index in [1.807, 2.05) is 7.05 Å². The van der Waals surface area contributed by atoms with Crippen molar-refractivity contribution >= 4 is 5.91 Å². The third-order valence-electron chi connectivity index (χ3n) is 5.47. The summed E-state index contributed by atoms with van der Waals surface area (Å²) in [7, 11) is 3.40. The first-order valence-corrected chi connectivity index (χ1v) is 10.3. The van der Waals surface area contributed by atoms with Crippen LogP contribution in [0, 0.1) is 0 Å². The Morgan fingerprint density at radius 3 is 2.61 bits per heavy atom. The van der Waals surface area contributed by atoms with E-state index < -0.39 is 17.8 Å². The topological polar surface area (TPSA) is 71.4 Å². The molecule has 1 aliphatic rings. The largest absolute Gasteiger partial charge is 0.496 e. The number of methoxy groups -OCH3 is 1. The Hall–Kier alpha value is -2.59. The maximum absolute atomic E-state index is 13.3. The van der Waals surface area contributed by atoms with Crippen molar-refractivity contribution in [2.24, 2.45) is 0 Å². The van der Waals surface area contributed by atoms with Crippen molar-refractivity contribution in [3.05, 3.63) is 47.3 Å². The molecule has 0 radical (unpaired) electrons. The second kappa shape index (κ2) is 10.1. The van der Waals surface area contributed by atoms with Gasteiger partial charge in [-0.05, 0) is 26.0 Å². The van der Waals surface area contributed by atoms with Crippen LogP contribution in [0.25, 0.3) is 0 Å². The lowest BCUT2D eigenvalue weighted by atomic mass is 10.0. The van der Waals surface area contributed by atoms with Crippen LogP contribution < -0.4 is 15.4 Å². The second-order valence-electron chi connectivity index (χ2n) is 7.53. The predicted octanol–water partition coefficient (Wildman–Crippen LogP) is 2.70. The number of carbonyl (C=O) groups is 1. The smallest absolute Gasteiger partial charge is 0.435 e. The lowest BCUT2D eigenvalue weighted by Gasteiger charge is -2.32. The minimum Gasteiger partial charge on any atom is -0.496 e. The summed E-state index contributed by atoms with van der Waals surface area (Å²) in [6, 6.07) is 7.74. The number of ether oxygens (including phenoxy) is 1. The molecule has 170 valence electrons. The first kappa shape index (κ1) is 23.1. The Morgan fingerprint density at radius 2 is 1.97 bits per heavy atom. The molecule has 1 fully saturated rings. The van der Waals surface area contributed by atoms with Crippen LogP contribution in [0.15, 0.2) is 30.3 Å². The van der Waals surface area contributed by atoms with E-state index in [0.29, 0.717) is 18.6 Å². The van der Waals surface area contributed by atoms with Gasteiger partial charge in [-0.1, -0.05) is 18.2 Å². The number of halogens is 3. The van der Waals surface area contributed by atoms with Crippen molar-refractivity contribution in [1.82, 2.24) is 25.3 Å². The lowest BCUT2D eigenvalue weighted by Crippen LogP contribution is -2.39. The van der Waals surface area contributed by atoms with E-state index >= 15 is 0 Å². The fourth-order valence-electron chi connectivity index (χ4n) is 3.75. The average molecular weight is 439 g/mol. The van der Waals surface area contributed by atoms with Gasteiger partial charge >= 0.3 is 6.18 Å². The molecule has 2 heterocycles. The summed E-state index contributed by atoms with van der Waals surface area (Å²) in [6.45, 7) is 3.35. The third kappa shape index (κ3) is 5.76. The normalized spacial score (nSPS) is 15.8. The summed E-state index contributed by atoms with van der Waals surface area (Å²) < 4.78 is 46.5. The monoisotopic (exact) mass is 439 g/mol. The number of aromatic nitrogens is 2. The summed E-state index contributed by atoms with van der Waals surface area (Å²) in [6.07, 6.45) is -3.35. The predicted molar refractivity (Wildman–Crippen MR) is 110 cm³/mol. The Kier molecular flexibility index (Phi) is 7.55. The molecule has 1 aromatic carbocycles. The summed E-state index contributed by atoms with van der Waals surface area (Å²) in [5, 5.41) is 9.57. The van der Waals surface area contributed by atoms with Crippen molar-refractivity contribution in [3.63, 3.8) is 0 Å². The van der Waals surface area contributed by atoms with Gasteiger partial charge in [0, 0.05) is 44.4 Å². The number of carbonyl (C=O) groups excluding carboxylic acids is 1. The first-order valence-electron chi connectivity index (χ1n) is 10.3. The standard InChI is InChI=1S/C21H28F3N5O2/c1-25-9-12-28-10-7-16(8-11-28)29-17(13-19(27-29)21(22,23)24)20(30)26-14-15-5-3-4-6-18(15)31-2/h3-6,13,16,25H,7-12,14H2,1-2H3,(H,26,30). The maximum atomic E-state index is 13.3. The molecule has 7 nitrogen and oxygen atoms in total. The summed E-state index contributed by atoms with van der Waals surface area (Å²) in [5.74, 6) is 0.00717. The fourth-order valence-corrected chi connectivity index (χ4v) is 3.75. The van der Waals surface area contributed by atoms with Crippen LogP contribution in [0.3, 0.4) is 0 Å². The average Bonchev–Trinajstić information content (AvgIpc) is 3.23. The van der Waals surface area contributed by atoms with Crippen LogP contribution in [0.4, 0.5) is 13.2 Å². The van der Waals surface area contributed by atoms with Gasteiger partial charge in [-0.25, -0.2) is 0 Å². The Bertz CT molecular complexity index is 876. The van der Waals surface area contributed by atoms with E-state index in [2.05, 4.69) is 20.6 Å². The number of rotatable bonds is 8. The number of hydrogen-bond acceptors (Lipinski definition) is 5. The number of piperidine rings is 1. The Balaban J connectivity index is 1.76. The highest BCUT2D eigenvalue weighted by molar-refractivity contribution is 5.92. The van der Waals surface area contributed by atoms with Gasteiger partial charge in [0.05, 0.1) is 13.2 Å². The molecule has 31 heavy (non-hydrogen) atoms. The zero-order valence-electron chi connectivity index (χ0n) is 17.7. The number of likely N-dealkylation sites (tertiary alicyclic amines) is 1. The number of nitrogens with one attached hydrogen (secondary N) is 2. The molecule has 10 heteroatoms. The molecule has 0 unspecified atom stereocenters. The van der Waals surface area contributed by atoms with Crippen molar-refractivity contribution in [3.8, 4) is 5.75 Å². The number of likely N-dealkylation sites (N-methyl/N-ethyl adjacent to an activating group) is 1. The van der Waals surface area contributed by atoms with Crippen molar-refractivity contribution in [2.75, 3.05) is 40.3 Å². The SMILES string of the molecule is CNCCN1CCC(n2nc(C(F)(F)F)cc2C(=O)NCc2ccccc2OC)CC1. The van der Waals surface area contributed by atoms with Gasteiger partial charge in [0.2, 0.25) is 0 Å². The maximum Gasteiger partial charge on any atom is 0.435 e. The van der Waals surface area contributed by atoms with Gasteiger partial charge in [-0.15, -0.1) is 0 Å². The zero-order valence-corrected chi connectivity index (χ0v) is 17.7. The molecule has 1 aliphatic heterocycles. The van der Waals surface area contributed by atoms with Crippen LogP contribution >= 0.6 is 0 Å². The van der Waals surface area contributed by atoms with Gasteiger partial charge in [0.15, 0.2) is 5.69 Å². The molecular formula is C21H28F3N5O2. The van der Waals surface area contributed by atoms with Crippen LogP contribution in [-0.4, -0.2) is 60.9 Å². The minimum absolute atomic E-state index is 0.0732. The van der Waals surface area contributed by atoms with E-state index in [1.165, 1.54) is 11.8 Å². The van der Waals surface area contributed by atoms with Crippen LogP contribution in [0.2, 0.25) is 0 Å². The molecule has 2 aromatic rings. The summed E-state index contributed by atoms with van der Waals surface area (Å²) in [5.41, 5.74) is -0.387. The number of benzene rings is 1. The zero-order chi connectivity index (χ0) is 22.4. The second-order valence-corrected chi connectivity index (χ2v) is 7.53. The van der Waals surface area contributed by atoms with Crippen molar-refractivity contribution in [1.29, 1.82) is 0 Å². The van der Waals surface area contributed by atoms with Crippen molar-refractivity contribution in [2.45, 2.75) is 31.6 Å². The molecule has 0 aliphatic carbocycles. The highest BCUT2D eigenvalue weighted by atomic mass is 19.4. The Labute approximate surface area is 179 Å². The van der Waals surface area contributed by atoms with Crippen LogP contribution in [-0.2, 0) is 12.7 Å². The molecule has 1 amide bonds. The summed E-state index contributed by atoms with van der Waals surface area (Å²) >= 11 is 0. The third-order valence-corrected chi connectivity index (χ3v) is 5.47. The number of hydrogen-bond donors (Lipinski definition) is 2. The molecule has 0 bridgehead atoms. The minimum atomic E-state index is -4.61. The molecular weight excluding hydrogens is 411 g/mol. The molecule has 2 N–H and O–H groups in total. The fraction of sp³-hybridized carbons (Fsp3) is 0.524. The van der Waals surface area contributed by atoms with Gasteiger partial charge in [0.1, 0.15) is 11.4 Å². The summed E-state index contributed by atoms with van der Waals surface area (Å²) in [4.78, 5) is 15.1. The van der Waals surface area contributed by atoms with Crippen molar-refractivity contribution < 1.29 is 22.7 Å². The van der Waals surface area contributed by atoms with Crippen LogP contribution in [0.5, 0.6) is 5.75 Å². The van der Waals surface area contributed by atoms with E-state index in [0.717, 1.165) is 37.8 Å². The molecule has 1 saturated heterocycles. The highest BCUT2D eigenvalue weighted by Gasteiger charge is 2.37. The Morgan fingerprint density at radius 1 is 1.26 bits per heavy atom. The molecule has 0 spiro atoms.